The lowest BCUT2D eigenvalue weighted by Gasteiger charge is -2.22. The molecule has 0 spiro atoms. The van der Waals surface area contributed by atoms with Crippen molar-refractivity contribution in [3.63, 3.8) is 0 Å². The molecule has 1 fully saturated rings. The first-order valence-electron chi connectivity index (χ1n) is 8.66. The quantitative estimate of drug-likeness (QED) is 0.810. The second kappa shape index (κ2) is 8.14. The van der Waals surface area contributed by atoms with Gasteiger partial charge in [0.15, 0.2) is 0 Å². The van der Waals surface area contributed by atoms with E-state index in [1.807, 2.05) is 25.1 Å². The van der Waals surface area contributed by atoms with Crippen LogP contribution in [0.1, 0.15) is 69.4 Å². The largest absolute Gasteiger partial charge is 0.353 e. The van der Waals surface area contributed by atoms with Crippen LogP contribution in [-0.4, -0.2) is 17.9 Å². The van der Waals surface area contributed by atoms with Crippen LogP contribution in [0.2, 0.25) is 0 Å². The lowest BCUT2D eigenvalue weighted by atomic mass is 9.95. The third-order valence-electron chi connectivity index (χ3n) is 4.48. The molecule has 1 aromatic rings. The van der Waals surface area contributed by atoms with Crippen LogP contribution in [0, 0.1) is 6.92 Å². The van der Waals surface area contributed by atoms with Crippen LogP contribution in [0.3, 0.4) is 0 Å². The van der Waals surface area contributed by atoms with Gasteiger partial charge in [-0.25, -0.2) is 0 Å². The maximum Gasteiger partial charge on any atom is 0.233 e. The van der Waals surface area contributed by atoms with E-state index < -0.39 is 0 Å². The number of amides is 2. The summed E-state index contributed by atoms with van der Waals surface area (Å²) in [6.45, 7) is 6.17. The molecule has 1 aliphatic rings. The topological polar surface area (TPSA) is 58.2 Å². The molecule has 1 aliphatic carbocycles. The molecule has 0 heterocycles. The van der Waals surface area contributed by atoms with Gasteiger partial charge in [-0.15, -0.1) is 0 Å². The van der Waals surface area contributed by atoms with Gasteiger partial charge in [-0.3, -0.25) is 9.59 Å². The first-order valence-corrected chi connectivity index (χ1v) is 8.66. The van der Waals surface area contributed by atoms with E-state index in [9.17, 15) is 9.59 Å². The summed E-state index contributed by atoms with van der Waals surface area (Å²) in [5.74, 6) is -0.0927. The molecule has 0 atom stereocenters. The summed E-state index contributed by atoms with van der Waals surface area (Å²) in [6, 6.07) is 6.24. The third-order valence-corrected chi connectivity index (χ3v) is 4.48. The average Bonchev–Trinajstić information content (AvgIpc) is 2.49. The zero-order chi connectivity index (χ0) is 16.8. The van der Waals surface area contributed by atoms with Gasteiger partial charge in [0.05, 0.1) is 0 Å². The highest BCUT2D eigenvalue weighted by molar-refractivity contribution is 6.04. The van der Waals surface area contributed by atoms with Gasteiger partial charge in [0.2, 0.25) is 11.8 Å². The van der Waals surface area contributed by atoms with Gasteiger partial charge in [-0.2, -0.15) is 0 Å². The Balaban J connectivity index is 1.93. The molecule has 23 heavy (non-hydrogen) atoms. The van der Waals surface area contributed by atoms with Gasteiger partial charge >= 0.3 is 0 Å². The molecule has 0 bridgehead atoms. The normalized spacial score (nSPS) is 15.5. The Kier molecular flexibility index (Phi) is 6.20. The van der Waals surface area contributed by atoms with Crippen LogP contribution in [0.15, 0.2) is 18.2 Å². The highest BCUT2D eigenvalue weighted by Gasteiger charge is 2.18. The molecule has 2 amide bonds. The zero-order valence-corrected chi connectivity index (χ0v) is 14.4. The van der Waals surface area contributed by atoms with Crippen LogP contribution in [0.5, 0.6) is 0 Å². The standard InChI is InChI=1S/C19H28N2O2/c1-13(2)16-11-7-8-14(3)19(16)21-18(23)12-17(22)20-15-9-5-4-6-10-15/h7-8,11,13,15H,4-6,9-10,12H2,1-3H3,(H,20,22)(H,21,23). The van der Waals surface area contributed by atoms with E-state index in [1.165, 1.54) is 6.42 Å². The minimum absolute atomic E-state index is 0.109. The van der Waals surface area contributed by atoms with E-state index in [0.29, 0.717) is 5.92 Å². The number of para-hydroxylation sites is 1. The van der Waals surface area contributed by atoms with Gasteiger partial charge < -0.3 is 10.6 Å². The molecule has 4 nitrogen and oxygen atoms in total. The molecule has 0 saturated heterocycles. The van der Waals surface area contributed by atoms with Gasteiger partial charge in [-0.05, 0) is 36.8 Å². The Morgan fingerprint density at radius 3 is 2.48 bits per heavy atom. The van der Waals surface area contributed by atoms with Gasteiger partial charge in [0, 0.05) is 11.7 Å². The van der Waals surface area contributed by atoms with Crippen molar-refractivity contribution in [3.8, 4) is 0 Å². The number of benzene rings is 1. The van der Waals surface area contributed by atoms with E-state index in [1.54, 1.807) is 0 Å². The molecule has 0 aliphatic heterocycles. The molecule has 2 N–H and O–H groups in total. The number of anilines is 1. The lowest BCUT2D eigenvalue weighted by Crippen LogP contribution is -2.38. The van der Waals surface area contributed by atoms with Crippen LogP contribution in [0.25, 0.3) is 0 Å². The van der Waals surface area contributed by atoms with Crippen LogP contribution < -0.4 is 10.6 Å². The van der Waals surface area contributed by atoms with Crippen molar-refractivity contribution in [2.45, 2.75) is 71.3 Å². The second-order valence-electron chi connectivity index (χ2n) is 6.82. The molecule has 126 valence electrons. The summed E-state index contributed by atoms with van der Waals surface area (Å²) < 4.78 is 0. The molecule has 0 radical (unpaired) electrons. The minimum atomic E-state index is -0.241. The molecule has 1 saturated carbocycles. The van der Waals surface area contributed by atoms with Crippen molar-refractivity contribution >= 4 is 17.5 Å². The Morgan fingerprint density at radius 2 is 1.83 bits per heavy atom. The lowest BCUT2D eigenvalue weighted by molar-refractivity contribution is -0.127. The maximum atomic E-state index is 12.2. The number of hydrogen-bond donors (Lipinski definition) is 2. The summed E-state index contributed by atoms with van der Waals surface area (Å²) in [5, 5.41) is 5.92. The molecule has 1 aromatic carbocycles. The summed E-state index contributed by atoms with van der Waals surface area (Å²) >= 11 is 0. The third kappa shape index (κ3) is 5.08. The van der Waals surface area contributed by atoms with E-state index >= 15 is 0 Å². The van der Waals surface area contributed by atoms with Gasteiger partial charge in [0.1, 0.15) is 6.42 Å². The SMILES string of the molecule is Cc1cccc(C(C)C)c1NC(=O)CC(=O)NC1CCCCC1. The summed E-state index contributed by atoms with van der Waals surface area (Å²) in [4.78, 5) is 24.3. The Morgan fingerprint density at radius 1 is 1.13 bits per heavy atom. The molecule has 2 rings (SSSR count). The molecule has 0 aromatic heterocycles. The minimum Gasteiger partial charge on any atom is -0.353 e. The maximum absolute atomic E-state index is 12.2. The predicted octanol–water partition coefficient (Wildman–Crippen LogP) is 3.90. The van der Waals surface area contributed by atoms with E-state index in [2.05, 4.69) is 24.5 Å². The highest BCUT2D eigenvalue weighted by atomic mass is 16.2. The number of hydrogen-bond acceptors (Lipinski definition) is 2. The first-order chi connectivity index (χ1) is 11.0. The number of carbonyl (C=O) groups excluding carboxylic acids is 2. The number of rotatable bonds is 5. The van der Waals surface area contributed by atoms with Crippen LogP contribution >= 0.6 is 0 Å². The monoisotopic (exact) mass is 316 g/mol. The van der Waals surface area contributed by atoms with E-state index in [4.69, 9.17) is 0 Å². The Hall–Kier alpha value is -1.84. The molecule has 4 heteroatoms. The fraction of sp³-hybridized carbons (Fsp3) is 0.579. The van der Waals surface area contributed by atoms with Crippen molar-refractivity contribution < 1.29 is 9.59 Å². The number of carbonyl (C=O) groups is 2. The molecular weight excluding hydrogens is 288 g/mol. The summed E-state index contributed by atoms with van der Waals surface area (Å²) in [7, 11) is 0. The Bertz CT molecular complexity index is 560. The first kappa shape index (κ1) is 17.5. The van der Waals surface area contributed by atoms with E-state index in [0.717, 1.165) is 42.5 Å². The van der Waals surface area contributed by atoms with E-state index in [-0.39, 0.29) is 24.3 Å². The second-order valence-corrected chi connectivity index (χ2v) is 6.82. The smallest absolute Gasteiger partial charge is 0.233 e. The van der Waals surface area contributed by atoms with Crippen molar-refractivity contribution in [1.82, 2.24) is 5.32 Å². The summed E-state index contributed by atoms with van der Waals surface area (Å²) in [5.41, 5.74) is 2.97. The number of nitrogens with one attached hydrogen (secondary N) is 2. The van der Waals surface area contributed by atoms with Crippen molar-refractivity contribution in [2.24, 2.45) is 0 Å². The van der Waals surface area contributed by atoms with Crippen molar-refractivity contribution in [1.29, 1.82) is 0 Å². The average molecular weight is 316 g/mol. The fourth-order valence-electron chi connectivity index (χ4n) is 3.20. The molecular formula is C19H28N2O2. The summed E-state index contributed by atoms with van der Waals surface area (Å²) in [6.07, 6.45) is 5.53. The highest BCUT2D eigenvalue weighted by Crippen LogP contribution is 2.27. The van der Waals surface area contributed by atoms with Crippen molar-refractivity contribution in [2.75, 3.05) is 5.32 Å². The number of aryl methyl sites for hydroxylation is 1. The van der Waals surface area contributed by atoms with Crippen LogP contribution in [0.4, 0.5) is 5.69 Å². The zero-order valence-electron chi connectivity index (χ0n) is 14.4. The molecule has 0 unspecified atom stereocenters. The fourth-order valence-corrected chi connectivity index (χ4v) is 3.20. The van der Waals surface area contributed by atoms with Crippen molar-refractivity contribution in [3.05, 3.63) is 29.3 Å². The Labute approximate surface area is 139 Å². The van der Waals surface area contributed by atoms with Gasteiger partial charge in [0.25, 0.3) is 0 Å². The van der Waals surface area contributed by atoms with Crippen LogP contribution in [-0.2, 0) is 9.59 Å². The van der Waals surface area contributed by atoms with Gasteiger partial charge in [-0.1, -0.05) is 51.3 Å². The predicted molar refractivity (Wildman–Crippen MR) is 93.5 cm³/mol.